The molecule has 0 spiro atoms. The Labute approximate surface area is 97.5 Å². The number of nitrogen functional groups attached to an aromatic ring is 1. The SMILES string of the molecule is CC(C)C1CCC(c2nccc(N)n2)CC1. The van der Waals surface area contributed by atoms with Crippen molar-refractivity contribution in [3.05, 3.63) is 18.1 Å². The monoisotopic (exact) mass is 219 g/mol. The molecule has 0 saturated heterocycles. The van der Waals surface area contributed by atoms with Crippen molar-refractivity contribution in [1.82, 2.24) is 9.97 Å². The zero-order valence-corrected chi connectivity index (χ0v) is 10.2. The van der Waals surface area contributed by atoms with Crippen molar-refractivity contribution < 1.29 is 0 Å². The van der Waals surface area contributed by atoms with Gasteiger partial charge >= 0.3 is 0 Å². The first-order chi connectivity index (χ1) is 7.66. The van der Waals surface area contributed by atoms with E-state index >= 15 is 0 Å². The summed E-state index contributed by atoms with van der Waals surface area (Å²) in [6.07, 6.45) is 6.81. The average Bonchev–Trinajstić information content (AvgIpc) is 2.29. The maximum atomic E-state index is 5.69. The molecule has 0 radical (unpaired) electrons. The molecule has 0 aromatic carbocycles. The molecule has 88 valence electrons. The molecule has 2 N–H and O–H groups in total. The Kier molecular flexibility index (Phi) is 3.42. The van der Waals surface area contributed by atoms with Crippen molar-refractivity contribution in [2.75, 3.05) is 5.73 Å². The standard InChI is InChI=1S/C13H21N3/c1-9(2)10-3-5-11(6-4-10)13-15-8-7-12(14)16-13/h7-11H,3-6H2,1-2H3,(H2,14,15,16). The van der Waals surface area contributed by atoms with E-state index in [9.17, 15) is 0 Å². The summed E-state index contributed by atoms with van der Waals surface area (Å²) in [5, 5.41) is 0. The average molecular weight is 219 g/mol. The van der Waals surface area contributed by atoms with Crippen LogP contribution in [0, 0.1) is 11.8 Å². The summed E-state index contributed by atoms with van der Waals surface area (Å²) < 4.78 is 0. The molecule has 1 aliphatic carbocycles. The highest BCUT2D eigenvalue weighted by molar-refractivity contribution is 5.26. The van der Waals surface area contributed by atoms with E-state index in [4.69, 9.17) is 5.73 Å². The van der Waals surface area contributed by atoms with Crippen LogP contribution in [0.4, 0.5) is 5.82 Å². The maximum absolute atomic E-state index is 5.69. The number of nitrogens with zero attached hydrogens (tertiary/aromatic N) is 2. The molecule has 1 aliphatic rings. The zero-order valence-electron chi connectivity index (χ0n) is 10.2. The second-order valence-corrected chi connectivity index (χ2v) is 5.20. The Morgan fingerprint density at radius 1 is 1.25 bits per heavy atom. The van der Waals surface area contributed by atoms with Crippen LogP contribution < -0.4 is 5.73 Å². The molecule has 0 atom stereocenters. The van der Waals surface area contributed by atoms with Gasteiger partial charge in [-0.15, -0.1) is 0 Å². The lowest BCUT2D eigenvalue weighted by Crippen LogP contribution is -2.19. The molecule has 0 aliphatic heterocycles. The third-order valence-electron chi connectivity index (χ3n) is 3.78. The van der Waals surface area contributed by atoms with E-state index in [1.807, 2.05) is 0 Å². The zero-order chi connectivity index (χ0) is 11.5. The summed E-state index contributed by atoms with van der Waals surface area (Å²) in [5.41, 5.74) is 5.69. The van der Waals surface area contributed by atoms with Crippen molar-refractivity contribution in [2.24, 2.45) is 11.8 Å². The van der Waals surface area contributed by atoms with Crippen LogP contribution in [0.1, 0.15) is 51.3 Å². The van der Waals surface area contributed by atoms with Crippen molar-refractivity contribution in [1.29, 1.82) is 0 Å². The molecule has 1 aromatic rings. The Hall–Kier alpha value is -1.12. The molecule has 1 aromatic heterocycles. The minimum absolute atomic E-state index is 0.526. The van der Waals surface area contributed by atoms with Gasteiger partial charge in [-0.05, 0) is 43.6 Å². The van der Waals surface area contributed by atoms with Crippen LogP contribution in [0.15, 0.2) is 12.3 Å². The first-order valence-electron chi connectivity index (χ1n) is 6.25. The van der Waals surface area contributed by atoms with Gasteiger partial charge in [0, 0.05) is 12.1 Å². The van der Waals surface area contributed by atoms with Crippen molar-refractivity contribution >= 4 is 5.82 Å². The lowest BCUT2D eigenvalue weighted by atomic mass is 9.77. The molecule has 0 unspecified atom stereocenters. The highest BCUT2D eigenvalue weighted by Crippen LogP contribution is 2.37. The Balaban J connectivity index is 1.99. The van der Waals surface area contributed by atoms with Gasteiger partial charge in [0.05, 0.1) is 0 Å². The van der Waals surface area contributed by atoms with Gasteiger partial charge in [0.1, 0.15) is 11.6 Å². The molecule has 16 heavy (non-hydrogen) atoms. The molecule has 0 amide bonds. The predicted molar refractivity (Wildman–Crippen MR) is 66.0 cm³/mol. The van der Waals surface area contributed by atoms with Crippen LogP contribution in [-0.2, 0) is 0 Å². The van der Waals surface area contributed by atoms with Crippen LogP contribution in [0.25, 0.3) is 0 Å². The summed E-state index contributed by atoms with van der Waals surface area (Å²) in [4.78, 5) is 8.68. The molecule has 1 heterocycles. The summed E-state index contributed by atoms with van der Waals surface area (Å²) in [6.45, 7) is 4.64. The van der Waals surface area contributed by atoms with E-state index in [-0.39, 0.29) is 0 Å². The highest BCUT2D eigenvalue weighted by Gasteiger charge is 2.25. The van der Waals surface area contributed by atoms with Gasteiger partial charge in [0.15, 0.2) is 0 Å². The first-order valence-corrected chi connectivity index (χ1v) is 6.25. The van der Waals surface area contributed by atoms with Crippen LogP contribution in [-0.4, -0.2) is 9.97 Å². The summed E-state index contributed by atoms with van der Waals surface area (Å²) >= 11 is 0. The fourth-order valence-electron chi connectivity index (χ4n) is 2.63. The van der Waals surface area contributed by atoms with Crippen LogP contribution in [0.2, 0.25) is 0 Å². The van der Waals surface area contributed by atoms with E-state index in [2.05, 4.69) is 23.8 Å². The molecule has 1 fully saturated rings. The van der Waals surface area contributed by atoms with Gasteiger partial charge in [0.25, 0.3) is 0 Å². The highest BCUT2D eigenvalue weighted by atomic mass is 14.9. The minimum Gasteiger partial charge on any atom is -0.384 e. The number of hydrogen-bond acceptors (Lipinski definition) is 3. The van der Waals surface area contributed by atoms with Gasteiger partial charge in [-0.3, -0.25) is 0 Å². The second-order valence-electron chi connectivity index (χ2n) is 5.20. The summed E-state index contributed by atoms with van der Waals surface area (Å²) in [7, 11) is 0. The number of anilines is 1. The first kappa shape index (κ1) is 11.4. The lowest BCUT2D eigenvalue weighted by Gasteiger charge is -2.30. The number of aromatic nitrogens is 2. The number of nitrogens with two attached hydrogens (primary N) is 1. The predicted octanol–water partition coefficient (Wildman–Crippen LogP) is 2.99. The summed E-state index contributed by atoms with van der Waals surface area (Å²) in [5.74, 6) is 3.76. The van der Waals surface area contributed by atoms with E-state index in [0.717, 1.165) is 17.7 Å². The molecular weight excluding hydrogens is 198 g/mol. The van der Waals surface area contributed by atoms with Crippen LogP contribution >= 0.6 is 0 Å². The lowest BCUT2D eigenvalue weighted by molar-refractivity contribution is 0.255. The quantitative estimate of drug-likeness (QED) is 0.832. The maximum Gasteiger partial charge on any atom is 0.133 e. The van der Waals surface area contributed by atoms with E-state index in [1.54, 1.807) is 12.3 Å². The van der Waals surface area contributed by atoms with Gasteiger partial charge in [0.2, 0.25) is 0 Å². The Bertz CT molecular complexity index is 341. The van der Waals surface area contributed by atoms with Crippen LogP contribution in [0.3, 0.4) is 0 Å². The Morgan fingerprint density at radius 2 is 1.94 bits per heavy atom. The molecule has 2 rings (SSSR count). The number of hydrogen-bond donors (Lipinski definition) is 1. The third kappa shape index (κ3) is 2.52. The normalized spacial score (nSPS) is 25.9. The van der Waals surface area contributed by atoms with Crippen LogP contribution in [0.5, 0.6) is 0 Å². The smallest absolute Gasteiger partial charge is 0.133 e. The van der Waals surface area contributed by atoms with Gasteiger partial charge in [-0.1, -0.05) is 13.8 Å². The van der Waals surface area contributed by atoms with E-state index < -0.39 is 0 Å². The minimum atomic E-state index is 0.526. The van der Waals surface area contributed by atoms with Crippen molar-refractivity contribution in [2.45, 2.75) is 45.4 Å². The van der Waals surface area contributed by atoms with E-state index in [0.29, 0.717) is 11.7 Å². The van der Waals surface area contributed by atoms with Crippen molar-refractivity contribution in [3.8, 4) is 0 Å². The largest absolute Gasteiger partial charge is 0.384 e. The van der Waals surface area contributed by atoms with E-state index in [1.165, 1.54) is 25.7 Å². The third-order valence-corrected chi connectivity index (χ3v) is 3.78. The van der Waals surface area contributed by atoms with Gasteiger partial charge in [-0.2, -0.15) is 0 Å². The molecule has 0 bridgehead atoms. The fraction of sp³-hybridized carbons (Fsp3) is 0.692. The fourth-order valence-corrected chi connectivity index (χ4v) is 2.63. The summed E-state index contributed by atoms with van der Waals surface area (Å²) in [6, 6.07) is 1.75. The van der Waals surface area contributed by atoms with Gasteiger partial charge < -0.3 is 5.73 Å². The second kappa shape index (κ2) is 4.81. The van der Waals surface area contributed by atoms with Gasteiger partial charge in [-0.25, -0.2) is 9.97 Å². The van der Waals surface area contributed by atoms with Crippen molar-refractivity contribution in [3.63, 3.8) is 0 Å². The number of rotatable bonds is 2. The molecule has 3 heteroatoms. The molecule has 1 saturated carbocycles. The molecule has 3 nitrogen and oxygen atoms in total. The topological polar surface area (TPSA) is 51.8 Å². The Morgan fingerprint density at radius 3 is 2.50 bits per heavy atom. The molecular formula is C13H21N3.